The summed E-state index contributed by atoms with van der Waals surface area (Å²) < 4.78 is 55.6. The van der Waals surface area contributed by atoms with Crippen molar-refractivity contribution in [2.24, 2.45) is 0 Å². The Hall–Kier alpha value is 1.03. The van der Waals surface area contributed by atoms with Gasteiger partial charge < -0.3 is 0 Å². The minimum atomic E-state index is -5.12. The Morgan fingerprint density at radius 2 is 1.00 bits per heavy atom. The summed E-state index contributed by atoms with van der Waals surface area (Å²) in [4.78, 5) is 0. The minimum Gasteiger partial charge on any atom is -0.263 e. The van der Waals surface area contributed by atoms with Crippen LogP contribution < -0.4 is 0 Å². The zero-order chi connectivity index (χ0) is 7.71. The smallest absolute Gasteiger partial charge is 0.263 e. The van der Waals surface area contributed by atoms with Crippen molar-refractivity contribution in [1.29, 1.82) is 0 Å². The zero-order valence-corrected chi connectivity index (χ0v) is 12.7. The van der Waals surface area contributed by atoms with Gasteiger partial charge in [-0.25, -0.2) is 0 Å². The maximum Gasteiger partial charge on any atom is 0.413 e. The van der Waals surface area contributed by atoms with E-state index in [0.29, 0.717) is 0 Å². The van der Waals surface area contributed by atoms with Gasteiger partial charge >= 0.3 is 20.8 Å². The van der Waals surface area contributed by atoms with Crippen LogP contribution in [0, 0.1) is 0 Å². The van der Waals surface area contributed by atoms with Crippen LogP contribution in [-0.4, -0.2) is 25.9 Å². The van der Waals surface area contributed by atoms with Crippen molar-refractivity contribution >= 4 is 20.8 Å². The number of rotatable bonds is 2. The molecule has 0 aromatic carbocycles. The van der Waals surface area contributed by atoms with Gasteiger partial charge in [-0.1, -0.05) is 0 Å². The van der Waals surface area contributed by atoms with Gasteiger partial charge in [0, 0.05) is 39.0 Å². The van der Waals surface area contributed by atoms with Gasteiger partial charge in [0.15, 0.2) is 0 Å². The maximum atomic E-state index is 9.44. The van der Waals surface area contributed by atoms with Crippen LogP contribution in [-0.2, 0) is 63.4 Å². The van der Waals surface area contributed by atoms with E-state index in [0.717, 1.165) is 0 Å². The Kier molecular flexibility index (Phi) is 9.19. The number of hydrogen-bond donors (Lipinski definition) is 2. The second-order valence-corrected chi connectivity index (χ2v) is 3.18. The van der Waals surface area contributed by atoms with Crippen LogP contribution in [0.4, 0.5) is 0 Å². The van der Waals surface area contributed by atoms with Gasteiger partial charge in [0.25, 0.3) is 0 Å². The first-order valence-electron chi connectivity index (χ1n) is 1.37. The van der Waals surface area contributed by atoms with Crippen molar-refractivity contribution in [3.05, 3.63) is 0 Å². The Morgan fingerprint density at radius 3 is 1.00 bits per heavy atom. The van der Waals surface area contributed by atoms with Gasteiger partial charge in [-0.15, -0.1) is 3.63 Å². The van der Waals surface area contributed by atoms with Gasteiger partial charge in [0.1, 0.15) is 0 Å². The third kappa shape index (κ3) is 18.2. The molecule has 0 radical (unpaired) electrons. The summed E-state index contributed by atoms with van der Waals surface area (Å²) in [6, 6.07) is 0. The van der Waals surface area contributed by atoms with Crippen molar-refractivity contribution < 1.29 is 68.5 Å². The van der Waals surface area contributed by atoms with E-state index in [9.17, 15) is 16.8 Å². The average Bonchev–Trinajstić information content (AvgIpc) is 1.14. The van der Waals surface area contributed by atoms with Crippen LogP contribution in [0.1, 0.15) is 0 Å². The molecule has 0 bridgehead atoms. The molecule has 0 unspecified atom stereocenters. The Labute approximate surface area is 88.9 Å². The molecule has 0 amide bonds. The normalized spacial score (nSPS) is 11.1. The van der Waals surface area contributed by atoms with E-state index in [-0.39, 0.29) is 39.0 Å². The quantitative estimate of drug-likeness (QED) is 0.476. The van der Waals surface area contributed by atoms with Crippen LogP contribution in [0.5, 0.6) is 0 Å². The molecule has 11 heteroatoms. The van der Waals surface area contributed by atoms with Crippen molar-refractivity contribution in [1.82, 2.24) is 0 Å². The molecule has 0 saturated heterocycles. The van der Waals surface area contributed by atoms with Crippen LogP contribution in [0.25, 0.3) is 0 Å². The molecular weight excluding hydrogens is 307 g/mol. The van der Waals surface area contributed by atoms with Crippen LogP contribution >= 0.6 is 0 Å². The molecule has 0 aliphatic rings. The van der Waals surface area contributed by atoms with E-state index in [1.54, 1.807) is 0 Å². The van der Waals surface area contributed by atoms with Gasteiger partial charge in [-0.2, -0.15) is 16.8 Å². The fraction of sp³-hybridized carbons (Fsp3) is 0. The van der Waals surface area contributed by atoms with Crippen molar-refractivity contribution in [2.45, 2.75) is 0 Å². The molecule has 11 heavy (non-hydrogen) atoms. The Bertz CT molecular complexity index is 240. The largest absolute Gasteiger partial charge is 0.413 e. The standard InChI is InChI=1S/H2O7S2.2Zn/c1-8(2,3)7-9(4,5)6;;/h(H,1,2,3)(H,4,5,6);;. The molecular formula is H2O7S2Zn2. The minimum absolute atomic E-state index is 0. The van der Waals surface area contributed by atoms with Crippen molar-refractivity contribution in [3.63, 3.8) is 0 Å². The van der Waals surface area contributed by atoms with E-state index in [2.05, 4.69) is 3.63 Å². The molecule has 0 aliphatic heterocycles. The molecule has 0 atom stereocenters. The van der Waals surface area contributed by atoms with E-state index >= 15 is 0 Å². The molecule has 7 nitrogen and oxygen atoms in total. The first-order chi connectivity index (χ1) is 3.71. The summed E-state index contributed by atoms with van der Waals surface area (Å²) in [5, 5.41) is 0. The molecule has 0 saturated carbocycles. The van der Waals surface area contributed by atoms with E-state index in [1.165, 1.54) is 0 Å². The van der Waals surface area contributed by atoms with Crippen molar-refractivity contribution in [2.75, 3.05) is 0 Å². The maximum absolute atomic E-state index is 9.44. The second kappa shape index (κ2) is 5.63. The van der Waals surface area contributed by atoms with E-state index in [4.69, 9.17) is 9.11 Å². The molecule has 0 aromatic rings. The predicted octanol–water partition coefficient (Wildman–Crippen LogP) is -1.40. The molecule has 0 heterocycles. The third-order valence-corrected chi connectivity index (χ3v) is 1.55. The SMILES string of the molecule is O=S(=O)(O)OS(=O)(=O)O.[Zn].[Zn]. The van der Waals surface area contributed by atoms with Crippen LogP contribution in [0.2, 0.25) is 0 Å². The number of hydrogen-bond acceptors (Lipinski definition) is 5. The molecule has 0 fully saturated rings. The van der Waals surface area contributed by atoms with Gasteiger partial charge in [0.05, 0.1) is 0 Å². The summed E-state index contributed by atoms with van der Waals surface area (Å²) in [7, 11) is -10.2. The van der Waals surface area contributed by atoms with E-state index in [1.807, 2.05) is 0 Å². The summed E-state index contributed by atoms with van der Waals surface area (Å²) in [5.74, 6) is 0. The average molecular weight is 309 g/mol. The van der Waals surface area contributed by atoms with Crippen LogP contribution in [0.15, 0.2) is 0 Å². The topological polar surface area (TPSA) is 118 Å². The molecule has 2 N–H and O–H groups in total. The fourth-order valence-corrected chi connectivity index (χ4v) is 0.978. The molecule has 0 rings (SSSR count). The third-order valence-electron chi connectivity index (χ3n) is 0.172. The molecule has 60 valence electrons. The van der Waals surface area contributed by atoms with Gasteiger partial charge in [0.2, 0.25) is 0 Å². The van der Waals surface area contributed by atoms with E-state index < -0.39 is 20.8 Å². The van der Waals surface area contributed by atoms with Crippen LogP contribution in [0.3, 0.4) is 0 Å². The zero-order valence-electron chi connectivity index (χ0n) is 5.17. The molecule has 0 aromatic heterocycles. The molecule has 0 spiro atoms. The van der Waals surface area contributed by atoms with Gasteiger partial charge in [-0.05, 0) is 0 Å². The summed E-state index contributed by atoms with van der Waals surface area (Å²) in [5.41, 5.74) is 0. The van der Waals surface area contributed by atoms with Crippen molar-refractivity contribution in [3.8, 4) is 0 Å². The summed E-state index contributed by atoms with van der Waals surface area (Å²) in [6.07, 6.45) is 0. The predicted molar refractivity (Wildman–Crippen MR) is 24.2 cm³/mol. The molecule has 0 aliphatic carbocycles. The monoisotopic (exact) mass is 306 g/mol. The Balaban J connectivity index is -0.000000320. The summed E-state index contributed by atoms with van der Waals surface area (Å²) >= 11 is 0. The Morgan fingerprint density at radius 1 is 0.818 bits per heavy atom. The summed E-state index contributed by atoms with van der Waals surface area (Å²) in [6.45, 7) is 0. The first kappa shape index (κ1) is 17.9. The fourth-order valence-electron chi connectivity index (χ4n) is 0.109. The van der Waals surface area contributed by atoms with Gasteiger partial charge in [-0.3, -0.25) is 9.11 Å². The second-order valence-electron chi connectivity index (χ2n) is 0.924. The first-order valence-corrected chi connectivity index (χ1v) is 4.10.